The molecule has 0 aliphatic rings. The molecular formula is C11H24N2O3. The van der Waals surface area contributed by atoms with Crippen molar-refractivity contribution in [3.63, 3.8) is 0 Å². The topological polar surface area (TPSA) is 64.8 Å². The Kier molecular flexibility index (Phi) is 9.18. The highest BCUT2D eigenvalue weighted by molar-refractivity contribution is 5.81. The summed E-state index contributed by atoms with van der Waals surface area (Å²) in [7, 11) is 0. The second-order valence-electron chi connectivity index (χ2n) is 3.51. The average Bonchev–Trinajstić information content (AvgIpc) is 2.26. The van der Waals surface area contributed by atoms with Gasteiger partial charge in [-0.25, -0.2) is 0 Å². The molecule has 0 fully saturated rings. The third kappa shape index (κ3) is 6.76. The number of nitrogens with zero attached hydrogens (tertiary/aromatic N) is 1. The quantitative estimate of drug-likeness (QED) is 0.578. The molecule has 0 heterocycles. The molecule has 5 heteroatoms. The number of hydrogen-bond acceptors (Lipinski definition) is 4. The number of carbonyl (C=O) groups is 1. The van der Waals surface area contributed by atoms with E-state index in [1.807, 2.05) is 13.8 Å². The Labute approximate surface area is 97.9 Å². The highest BCUT2D eigenvalue weighted by Gasteiger charge is 2.16. The van der Waals surface area contributed by atoms with E-state index >= 15 is 0 Å². The van der Waals surface area contributed by atoms with Crippen molar-refractivity contribution in [2.24, 2.45) is 5.73 Å². The molecule has 0 aromatic carbocycles. The fourth-order valence-corrected chi connectivity index (χ4v) is 1.26. The minimum Gasteiger partial charge on any atom is -0.380 e. The lowest BCUT2D eigenvalue weighted by Gasteiger charge is -2.24. The number of hydrogen-bond donors (Lipinski definition) is 1. The molecule has 96 valence electrons. The summed E-state index contributed by atoms with van der Waals surface area (Å²) in [6.07, 6.45) is 0. The molecular weight excluding hydrogens is 208 g/mol. The zero-order chi connectivity index (χ0) is 12.4. The first kappa shape index (κ1) is 15.3. The van der Waals surface area contributed by atoms with Crippen molar-refractivity contribution in [1.82, 2.24) is 4.90 Å². The van der Waals surface area contributed by atoms with Crippen LogP contribution in [-0.2, 0) is 14.3 Å². The Morgan fingerprint density at radius 1 is 1.19 bits per heavy atom. The second kappa shape index (κ2) is 9.57. The predicted octanol–water partition coefficient (Wildman–Crippen LogP) is 0.235. The van der Waals surface area contributed by atoms with Gasteiger partial charge in [0.05, 0.1) is 19.3 Å². The van der Waals surface area contributed by atoms with Crippen molar-refractivity contribution in [3.05, 3.63) is 0 Å². The smallest absolute Gasteiger partial charge is 0.239 e. The van der Waals surface area contributed by atoms with Gasteiger partial charge in [0.15, 0.2) is 0 Å². The summed E-state index contributed by atoms with van der Waals surface area (Å²) in [6, 6.07) is -0.469. The normalized spacial score (nSPS) is 12.5. The Morgan fingerprint density at radius 3 is 1.94 bits per heavy atom. The maximum Gasteiger partial charge on any atom is 0.239 e. The monoisotopic (exact) mass is 232 g/mol. The van der Waals surface area contributed by atoms with Gasteiger partial charge in [0, 0.05) is 26.3 Å². The molecule has 16 heavy (non-hydrogen) atoms. The number of carbonyl (C=O) groups excluding carboxylic acids is 1. The van der Waals surface area contributed by atoms with Gasteiger partial charge in [0.1, 0.15) is 0 Å². The summed E-state index contributed by atoms with van der Waals surface area (Å²) in [6.45, 7) is 9.09. The Morgan fingerprint density at radius 2 is 1.62 bits per heavy atom. The molecule has 0 aromatic rings. The highest BCUT2D eigenvalue weighted by Crippen LogP contribution is 1.94. The van der Waals surface area contributed by atoms with E-state index in [0.29, 0.717) is 39.5 Å². The third-order valence-electron chi connectivity index (χ3n) is 2.12. The van der Waals surface area contributed by atoms with E-state index in [-0.39, 0.29) is 5.91 Å². The summed E-state index contributed by atoms with van der Waals surface area (Å²) < 4.78 is 10.4. The maximum atomic E-state index is 11.7. The van der Waals surface area contributed by atoms with Crippen molar-refractivity contribution in [1.29, 1.82) is 0 Å². The van der Waals surface area contributed by atoms with Crippen molar-refractivity contribution >= 4 is 5.91 Å². The van der Waals surface area contributed by atoms with E-state index < -0.39 is 6.04 Å². The molecule has 0 saturated heterocycles. The average molecular weight is 232 g/mol. The minimum absolute atomic E-state index is 0.0561. The van der Waals surface area contributed by atoms with E-state index in [2.05, 4.69) is 0 Å². The van der Waals surface area contributed by atoms with Gasteiger partial charge >= 0.3 is 0 Å². The van der Waals surface area contributed by atoms with Gasteiger partial charge < -0.3 is 20.1 Å². The van der Waals surface area contributed by atoms with Crippen molar-refractivity contribution in [3.8, 4) is 0 Å². The predicted molar refractivity (Wildman–Crippen MR) is 63.2 cm³/mol. The summed E-state index contributed by atoms with van der Waals surface area (Å²) in [4.78, 5) is 13.4. The van der Waals surface area contributed by atoms with Crippen LogP contribution in [0.25, 0.3) is 0 Å². The summed E-state index contributed by atoms with van der Waals surface area (Å²) in [5.74, 6) is -0.0561. The lowest BCUT2D eigenvalue weighted by Crippen LogP contribution is -2.45. The lowest BCUT2D eigenvalue weighted by atomic mass is 10.3. The molecule has 0 rings (SSSR count). The molecule has 0 aromatic heterocycles. The van der Waals surface area contributed by atoms with E-state index in [1.54, 1.807) is 11.8 Å². The Hall–Kier alpha value is -0.650. The molecule has 0 bridgehead atoms. The van der Waals surface area contributed by atoms with Gasteiger partial charge in [-0.3, -0.25) is 4.79 Å². The van der Waals surface area contributed by atoms with E-state index in [4.69, 9.17) is 15.2 Å². The molecule has 0 aliphatic heterocycles. The van der Waals surface area contributed by atoms with Crippen molar-refractivity contribution in [2.45, 2.75) is 26.8 Å². The highest BCUT2D eigenvalue weighted by atomic mass is 16.5. The minimum atomic E-state index is -0.469. The number of amides is 1. The maximum absolute atomic E-state index is 11.7. The molecule has 1 unspecified atom stereocenters. The zero-order valence-corrected chi connectivity index (χ0v) is 10.6. The van der Waals surface area contributed by atoms with Crippen LogP contribution in [0.2, 0.25) is 0 Å². The van der Waals surface area contributed by atoms with Gasteiger partial charge in [-0.1, -0.05) is 0 Å². The van der Waals surface area contributed by atoms with Crippen molar-refractivity contribution < 1.29 is 14.3 Å². The standard InChI is InChI=1S/C11H24N2O3/c1-4-15-8-6-13(7-9-16-5-2)11(14)10(3)12/h10H,4-9,12H2,1-3H3. The molecule has 2 N–H and O–H groups in total. The summed E-state index contributed by atoms with van der Waals surface area (Å²) >= 11 is 0. The molecule has 0 saturated carbocycles. The summed E-state index contributed by atoms with van der Waals surface area (Å²) in [5, 5.41) is 0. The van der Waals surface area contributed by atoms with Gasteiger partial charge in [0.2, 0.25) is 5.91 Å². The van der Waals surface area contributed by atoms with Crippen molar-refractivity contribution in [2.75, 3.05) is 39.5 Å². The van der Waals surface area contributed by atoms with Crippen LogP contribution in [0.3, 0.4) is 0 Å². The largest absolute Gasteiger partial charge is 0.380 e. The molecule has 0 spiro atoms. The SMILES string of the molecule is CCOCCN(CCOCC)C(=O)C(C)N. The Balaban J connectivity index is 4.00. The number of rotatable bonds is 9. The molecule has 0 radical (unpaired) electrons. The van der Waals surface area contributed by atoms with Crippen LogP contribution < -0.4 is 5.73 Å². The fourth-order valence-electron chi connectivity index (χ4n) is 1.26. The lowest BCUT2D eigenvalue weighted by molar-refractivity contribution is -0.133. The number of nitrogens with two attached hydrogens (primary N) is 1. The first-order valence-electron chi connectivity index (χ1n) is 5.83. The van der Waals surface area contributed by atoms with E-state index in [1.165, 1.54) is 0 Å². The first-order valence-corrected chi connectivity index (χ1v) is 5.83. The molecule has 1 atom stereocenters. The van der Waals surface area contributed by atoms with Crippen LogP contribution in [0.1, 0.15) is 20.8 Å². The third-order valence-corrected chi connectivity index (χ3v) is 2.12. The van der Waals surface area contributed by atoms with Crippen LogP contribution in [-0.4, -0.2) is 56.4 Å². The molecule has 5 nitrogen and oxygen atoms in total. The molecule has 1 amide bonds. The number of ether oxygens (including phenoxy) is 2. The zero-order valence-electron chi connectivity index (χ0n) is 10.6. The van der Waals surface area contributed by atoms with Crippen LogP contribution >= 0.6 is 0 Å². The Bertz CT molecular complexity index is 176. The second-order valence-corrected chi connectivity index (χ2v) is 3.51. The van der Waals surface area contributed by atoms with Crippen LogP contribution in [0.5, 0.6) is 0 Å². The first-order chi connectivity index (χ1) is 7.63. The van der Waals surface area contributed by atoms with E-state index in [0.717, 1.165) is 0 Å². The van der Waals surface area contributed by atoms with Crippen LogP contribution in [0.4, 0.5) is 0 Å². The van der Waals surface area contributed by atoms with Gasteiger partial charge in [-0.2, -0.15) is 0 Å². The van der Waals surface area contributed by atoms with Gasteiger partial charge in [-0.05, 0) is 20.8 Å². The van der Waals surface area contributed by atoms with Gasteiger partial charge in [0.25, 0.3) is 0 Å². The fraction of sp³-hybridized carbons (Fsp3) is 0.909. The van der Waals surface area contributed by atoms with Gasteiger partial charge in [-0.15, -0.1) is 0 Å². The van der Waals surface area contributed by atoms with Crippen LogP contribution in [0.15, 0.2) is 0 Å². The molecule has 0 aliphatic carbocycles. The summed E-state index contributed by atoms with van der Waals surface area (Å²) in [5.41, 5.74) is 5.57. The van der Waals surface area contributed by atoms with Crippen LogP contribution in [0, 0.1) is 0 Å². The van der Waals surface area contributed by atoms with E-state index in [9.17, 15) is 4.79 Å².